The van der Waals surface area contributed by atoms with E-state index >= 15 is 0 Å². The first-order chi connectivity index (χ1) is 10.0. The molecule has 0 radical (unpaired) electrons. The van der Waals surface area contributed by atoms with Gasteiger partial charge in [-0.25, -0.2) is 4.79 Å². The SMILES string of the molecule is CCOC(=O)c1cccc(N)c1NCc1cn(C)nc1C. The van der Waals surface area contributed by atoms with Gasteiger partial charge in [0.05, 0.1) is 29.2 Å². The average molecular weight is 288 g/mol. The van der Waals surface area contributed by atoms with Crippen LogP contribution in [0.2, 0.25) is 0 Å². The van der Waals surface area contributed by atoms with E-state index in [2.05, 4.69) is 10.4 Å². The number of para-hydroxylation sites is 1. The summed E-state index contributed by atoms with van der Waals surface area (Å²) in [6.45, 7) is 4.59. The Labute approximate surface area is 123 Å². The highest BCUT2D eigenvalue weighted by Crippen LogP contribution is 2.25. The van der Waals surface area contributed by atoms with Crippen molar-refractivity contribution in [2.45, 2.75) is 20.4 Å². The number of rotatable bonds is 5. The third-order valence-electron chi connectivity index (χ3n) is 3.16. The summed E-state index contributed by atoms with van der Waals surface area (Å²) in [5.74, 6) is -0.379. The van der Waals surface area contributed by atoms with Crippen molar-refractivity contribution in [2.75, 3.05) is 17.7 Å². The second-order valence-electron chi connectivity index (χ2n) is 4.76. The molecule has 0 spiro atoms. The van der Waals surface area contributed by atoms with Crippen LogP contribution in [0.4, 0.5) is 11.4 Å². The summed E-state index contributed by atoms with van der Waals surface area (Å²) in [5.41, 5.74) is 9.52. The quantitative estimate of drug-likeness (QED) is 0.650. The smallest absolute Gasteiger partial charge is 0.340 e. The van der Waals surface area contributed by atoms with E-state index in [1.165, 1.54) is 0 Å². The van der Waals surface area contributed by atoms with Crippen LogP contribution in [0.5, 0.6) is 0 Å². The maximum absolute atomic E-state index is 12.0. The van der Waals surface area contributed by atoms with Crippen molar-refractivity contribution in [3.05, 3.63) is 41.2 Å². The molecule has 0 aliphatic carbocycles. The maximum Gasteiger partial charge on any atom is 0.340 e. The number of aromatic nitrogens is 2. The third-order valence-corrected chi connectivity index (χ3v) is 3.16. The molecule has 0 atom stereocenters. The lowest BCUT2D eigenvalue weighted by atomic mass is 10.1. The predicted octanol–water partition coefficient (Wildman–Crippen LogP) is 2.10. The minimum Gasteiger partial charge on any atom is -0.462 e. The number of benzene rings is 1. The van der Waals surface area contributed by atoms with Crippen LogP contribution in [0.3, 0.4) is 0 Å². The number of ether oxygens (including phenoxy) is 1. The molecule has 0 amide bonds. The fourth-order valence-corrected chi connectivity index (χ4v) is 2.15. The Hall–Kier alpha value is -2.50. The van der Waals surface area contributed by atoms with E-state index in [4.69, 9.17) is 10.5 Å². The van der Waals surface area contributed by atoms with Crippen LogP contribution in [0.15, 0.2) is 24.4 Å². The van der Waals surface area contributed by atoms with Crippen molar-refractivity contribution in [3.8, 4) is 0 Å². The monoisotopic (exact) mass is 288 g/mol. The number of nitrogens with two attached hydrogens (primary N) is 1. The fraction of sp³-hybridized carbons (Fsp3) is 0.333. The summed E-state index contributed by atoms with van der Waals surface area (Å²) in [5, 5.41) is 7.50. The zero-order valence-electron chi connectivity index (χ0n) is 12.5. The molecule has 0 aliphatic heterocycles. The van der Waals surface area contributed by atoms with Crippen molar-refractivity contribution in [2.24, 2.45) is 7.05 Å². The van der Waals surface area contributed by atoms with E-state index in [0.717, 1.165) is 11.3 Å². The summed E-state index contributed by atoms with van der Waals surface area (Å²) in [7, 11) is 1.87. The van der Waals surface area contributed by atoms with Gasteiger partial charge < -0.3 is 15.8 Å². The van der Waals surface area contributed by atoms with Crippen LogP contribution in [0.25, 0.3) is 0 Å². The largest absolute Gasteiger partial charge is 0.462 e. The maximum atomic E-state index is 12.0. The summed E-state index contributed by atoms with van der Waals surface area (Å²) >= 11 is 0. The highest BCUT2D eigenvalue weighted by Gasteiger charge is 2.15. The molecule has 0 bridgehead atoms. The van der Waals surface area contributed by atoms with Gasteiger partial charge in [0.1, 0.15) is 0 Å². The number of nitrogens with one attached hydrogen (secondary N) is 1. The lowest BCUT2D eigenvalue weighted by Crippen LogP contribution is -2.11. The van der Waals surface area contributed by atoms with Crippen LogP contribution >= 0.6 is 0 Å². The van der Waals surface area contributed by atoms with Crippen LogP contribution in [0.1, 0.15) is 28.5 Å². The molecule has 0 saturated carbocycles. The normalized spacial score (nSPS) is 10.4. The molecular weight excluding hydrogens is 268 g/mol. The molecule has 3 N–H and O–H groups in total. The Kier molecular flexibility index (Phi) is 4.47. The van der Waals surface area contributed by atoms with Crippen molar-refractivity contribution < 1.29 is 9.53 Å². The summed E-state index contributed by atoms with van der Waals surface area (Å²) in [4.78, 5) is 12.0. The van der Waals surface area contributed by atoms with E-state index in [1.807, 2.05) is 20.2 Å². The minimum absolute atomic E-state index is 0.328. The van der Waals surface area contributed by atoms with Crippen LogP contribution < -0.4 is 11.1 Å². The van der Waals surface area contributed by atoms with Gasteiger partial charge in [0.15, 0.2) is 0 Å². The third kappa shape index (κ3) is 3.34. The van der Waals surface area contributed by atoms with E-state index in [-0.39, 0.29) is 5.97 Å². The number of nitrogen functional groups attached to an aromatic ring is 1. The molecule has 112 valence electrons. The number of carbonyl (C=O) groups is 1. The first kappa shape index (κ1) is 14.9. The molecular formula is C15H20N4O2. The van der Waals surface area contributed by atoms with Gasteiger partial charge in [0.25, 0.3) is 0 Å². The van der Waals surface area contributed by atoms with Gasteiger partial charge in [-0.2, -0.15) is 5.10 Å². The van der Waals surface area contributed by atoms with Gasteiger partial charge in [-0.1, -0.05) is 6.07 Å². The Morgan fingerprint density at radius 1 is 1.48 bits per heavy atom. The Morgan fingerprint density at radius 3 is 2.86 bits per heavy atom. The standard InChI is InChI=1S/C15H20N4O2/c1-4-21-15(20)12-6-5-7-13(16)14(12)17-8-11-9-19(3)18-10(11)2/h5-7,9,17H,4,8,16H2,1-3H3. The van der Waals surface area contributed by atoms with Gasteiger partial charge in [0.2, 0.25) is 0 Å². The molecule has 0 fully saturated rings. The molecule has 1 aromatic carbocycles. The first-order valence-electron chi connectivity index (χ1n) is 6.81. The van der Waals surface area contributed by atoms with Crippen molar-refractivity contribution >= 4 is 17.3 Å². The topological polar surface area (TPSA) is 82.2 Å². The van der Waals surface area contributed by atoms with E-state index in [0.29, 0.717) is 30.1 Å². The Bertz CT molecular complexity index is 649. The van der Waals surface area contributed by atoms with Crippen LogP contribution in [0, 0.1) is 6.92 Å². The van der Waals surface area contributed by atoms with E-state index < -0.39 is 0 Å². The molecule has 0 aliphatic rings. The van der Waals surface area contributed by atoms with Gasteiger partial charge >= 0.3 is 5.97 Å². The van der Waals surface area contributed by atoms with Gasteiger partial charge in [-0.15, -0.1) is 0 Å². The minimum atomic E-state index is -0.379. The predicted molar refractivity (Wildman–Crippen MR) is 82.1 cm³/mol. The van der Waals surface area contributed by atoms with Gasteiger partial charge in [-0.05, 0) is 26.0 Å². The summed E-state index contributed by atoms with van der Waals surface area (Å²) < 4.78 is 6.81. The average Bonchev–Trinajstić information content (AvgIpc) is 2.75. The molecule has 2 rings (SSSR count). The van der Waals surface area contributed by atoms with Gasteiger partial charge in [-0.3, -0.25) is 4.68 Å². The molecule has 1 aromatic heterocycles. The van der Waals surface area contributed by atoms with Gasteiger partial charge in [0, 0.05) is 25.4 Å². The zero-order chi connectivity index (χ0) is 15.4. The lowest BCUT2D eigenvalue weighted by Gasteiger charge is -2.13. The molecule has 21 heavy (non-hydrogen) atoms. The van der Waals surface area contributed by atoms with Crippen molar-refractivity contribution in [1.82, 2.24) is 9.78 Å². The molecule has 0 unspecified atom stereocenters. The van der Waals surface area contributed by atoms with Crippen LogP contribution in [-0.2, 0) is 18.3 Å². The molecule has 6 nitrogen and oxygen atoms in total. The summed E-state index contributed by atoms with van der Waals surface area (Å²) in [6.07, 6.45) is 1.94. The summed E-state index contributed by atoms with van der Waals surface area (Å²) in [6, 6.07) is 5.19. The van der Waals surface area contributed by atoms with Crippen molar-refractivity contribution in [1.29, 1.82) is 0 Å². The number of esters is 1. The highest BCUT2D eigenvalue weighted by molar-refractivity contribution is 5.98. The molecule has 0 saturated heterocycles. The number of carbonyl (C=O) groups excluding carboxylic acids is 1. The second-order valence-corrected chi connectivity index (χ2v) is 4.76. The fourth-order valence-electron chi connectivity index (χ4n) is 2.15. The molecule has 2 aromatic rings. The first-order valence-corrected chi connectivity index (χ1v) is 6.81. The lowest BCUT2D eigenvalue weighted by molar-refractivity contribution is 0.0527. The number of hydrogen-bond donors (Lipinski definition) is 2. The second kappa shape index (κ2) is 6.30. The number of anilines is 2. The van der Waals surface area contributed by atoms with E-state index in [1.54, 1.807) is 29.8 Å². The molecule has 6 heteroatoms. The Morgan fingerprint density at radius 2 is 2.24 bits per heavy atom. The Balaban J connectivity index is 2.23. The number of aryl methyl sites for hydroxylation is 2. The highest BCUT2D eigenvalue weighted by atomic mass is 16.5. The van der Waals surface area contributed by atoms with Crippen molar-refractivity contribution in [3.63, 3.8) is 0 Å². The van der Waals surface area contributed by atoms with E-state index in [9.17, 15) is 4.79 Å². The molecule has 1 heterocycles. The van der Waals surface area contributed by atoms with Crippen LogP contribution in [-0.4, -0.2) is 22.4 Å². The number of hydrogen-bond acceptors (Lipinski definition) is 5. The zero-order valence-corrected chi connectivity index (χ0v) is 12.5. The number of nitrogens with zero attached hydrogens (tertiary/aromatic N) is 2.